The molecule has 2 aromatic heterocycles. The molecule has 96 valence electrons. The number of aromatic nitrogens is 3. The zero-order valence-corrected chi connectivity index (χ0v) is 10.6. The van der Waals surface area contributed by atoms with Crippen molar-refractivity contribution >= 4 is 10.8 Å². The minimum Gasteiger partial charge on any atom is -0.332 e. The smallest absolute Gasteiger partial charge is 0.277 e. The van der Waals surface area contributed by atoms with Gasteiger partial charge in [0.05, 0.1) is 0 Å². The standard InChI is InChI=1S/C14H14N4O/c1-9(15)8-12-17-14(19-18-12)13-11-5-3-2-4-10(11)6-7-16-13/h2-7,9H,8,15H2,1H3. The Balaban J connectivity index is 2.06. The summed E-state index contributed by atoms with van der Waals surface area (Å²) >= 11 is 0. The maximum absolute atomic E-state index is 5.73. The van der Waals surface area contributed by atoms with E-state index in [0.29, 0.717) is 23.8 Å². The fourth-order valence-electron chi connectivity index (χ4n) is 2.01. The normalized spacial score (nSPS) is 12.7. The average molecular weight is 254 g/mol. The molecule has 1 unspecified atom stereocenters. The van der Waals surface area contributed by atoms with Gasteiger partial charge in [0.15, 0.2) is 5.82 Å². The first-order valence-corrected chi connectivity index (χ1v) is 6.16. The van der Waals surface area contributed by atoms with Gasteiger partial charge in [-0.1, -0.05) is 29.4 Å². The molecule has 0 saturated heterocycles. The molecule has 0 aliphatic carbocycles. The number of rotatable bonds is 3. The van der Waals surface area contributed by atoms with Crippen molar-refractivity contribution in [3.8, 4) is 11.6 Å². The van der Waals surface area contributed by atoms with Gasteiger partial charge >= 0.3 is 0 Å². The minimum atomic E-state index is 0.00549. The number of pyridine rings is 1. The Hall–Kier alpha value is -2.27. The molecule has 0 saturated carbocycles. The molecular formula is C14H14N4O. The molecule has 1 atom stereocenters. The molecule has 3 aromatic rings. The largest absolute Gasteiger partial charge is 0.332 e. The van der Waals surface area contributed by atoms with Gasteiger partial charge in [-0.15, -0.1) is 0 Å². The fourth-order valence-corrected chi connectivity index (χ4v) is 2.01. The fraction of sp³-hybridized carbons (Fsp3) is 0.214. The van der Waals surface area contributed by atoms with Crippen molar-refractivity contribution in [2.24, 2.45) is 5.73 Å². The highest BCUT2D eigenvalue weighted by atomic mass is 16.5. The van der Waals surface area contributed by atoms with Crippen molar-refractivity contribution in [3.05, 3.63) is 42.4 Å². The summed E-state index contributed by atoms with van der Waals surface area (Å²) in [6, 6.07) is 9.94. The summed E-state index contributed by atoms with van der Waals surface area (Å²) in [6.45, 7) is 1.91. The van der Waals surface area contributed by atoms with Crippen molar-refractivity contribution in [1.29, 1.82) is 0 Å². The summed E-state index contributed by atoms with van der Waals surface area (Å²) in [4.78, 5) is 8.69. The predicted molar refractivity (Wildman–Crippen MR) is 72.4 cm³/mol. The van der Waals surface area contributed by atoms with Crippen LogP contribution < -0.4 is 5.73 Å². The van der Waals surface area contributed by atoms with Crippen LogP contribution in [0.4, 0.5) is 0 Å². The van der Waals surface area contributed by atoms with E-state index in [-0.39, 0.29) is 6.04 Å². The molecule has 0 amide bonds. The van der Waals surface area contributed by atoms with E-state index in [0.717, 1.165) is 10.8 Å². The van der Waals surface area contributed by atoms with Crippen molar-refractivity contribution in [1.82, 2.24) is 15.1 Å². The number of hydrogen-bond donors (Lipinski definition) is 1. The van der Waals surface area contributed by atoms with E-state index < -0.39 is 0 Å². The van der Waals surface area contributed by atoms with Gasteiger partial charge in [-0.2, -0.15) is 4.98 Å². The highest BCUT2D eigenvalue weighted by Gasteiger charge is 2.13. The Kier molecular flexibility index (Phi) is 2.97. The summed E-state index contributed by atoms with van der Waals surface area (Å²) in [6.07, 6.45) is 2.33. The Labute approximate surface area is 110 Å². The quantitative estimate of drug-likeness (QED) is 0.775. The maximum Gasteiger partial charge on any atom is 0.277 e. The van der Waals surface area contributed by atoms with E-state index in [9.17, 15) is 0 Å². The molecule has 0 spiro atoms. The SMILES string of the molecule is CC(N)Cc1noc(-c2nccc3ccccc23)n1. The Bertz CT molecular complexity index is 700. The lowest BCUT2D eigenvalue weighted by atomic mass is 10.1. The predicted octanol–water partition coefficient (Wildman–Crippen LogP) is 2.17. The lowest BCUT2D eigenvalue weighted by Crippen LogP contribution is -2.18. The number of hydrogen-bond acceptors (Lipinski definition) is 5. The number of fused-ring (bicyclic) bond motifs is 1. The van der Waals surface area contributed by atoms with Gasteiger partial charge < -0.3 is 10.3 Å². The van der Waals surface area contributed by atoms with Crippen LogP contribution in [0, 0.1) is 0 Å². The molecule has 1 aromatic carbocycles. The maximum atomic E-state index is 5.73. The van der Waals surface area contributed by atoms with Crippen LogP contribution in [0.3, 0.4) is 0 Å². The molecule has 0 radical (unpaired) electrons. The molecular weight excluding hydrogens is 240 g/mol. The Morgan fingerprint density at radius 1 is 1.26 bits per heavy atom. The number of benzene rings is 1. The molecule has 19 heavy (non-hydrogen) atoms. The summed E-state index contributed by atoms with van der Waals surface area (Å²) in [5, 5.41) is 6.03. The third-order valence-corrected chi connectivity index (χ3v) is 2.85. The van der Waals surface area contributed by atoms with E-state index in [1.807, 2.05) is 37.3 Å². The second-order valence-corrected chi connectivity index (χ2v) is 4.58. The van der Waals surface area contributed by atoms with Gasteiger partial charge in [-0.05, 0) is 18.4 Å². The summed E-state index contributed by atoms with van der Waals surface area (Å²) in [5.74, 6) is 1.05. The number of nitrogens with two attached hydrogens (primary N) is 1. The van der Waals surface area contributed by atoms with Crippen molar-refractivity contribution in [2.45, 2.75) is 19.4 Å². The first kappa shape index (κ1) is 11.8. The first-order valence-electron chi connectivity index (χ1n) is 6.16. The van der Waals surface area contributed by atoms with Crippen molar-refractivity contribution in [3.63, 3.8) is 0 Å². The highest BCUT2D eigenvalue weighted by molar-refractivity contribution is 5.92. The van der Waals surface area contributed by atoms with Gasteiger partial charge in [-0.3, -0.25) is 4.98 Å². The van der Waals surface area contributed by atoms with Crippen LogP contribution in [0.2, 0.25) is 0 Å². The van der Waals surface area contributed by atoms with E-state index >= 15 is 0 Å². The van der Waals surface area contributed by atoms with E-state index in [1.54, 1.807) is 6.20 Å². The summed E-state index contributed by atoms with van der Waals surface area (Å²) < 4.78 is 5.28. The number of nitrogens with zero attached hydrogens (tertiary/aromatic N) is 3. The average Bonchev–Trinajstić information content (AvgIpc) is 2.85. The molecule has 5 nitrogen and oxygen atoms in total. The highest BCUT2D eigenvalue weighted by Crippen LogP contribution is 2.24. The van der Waals surface area contributed by atoms with Crippen LogP contribution in [0.15, 0.2) is 41.1 Å². The molecule has 2 N–H and O–H groups in total. The molecule has 0 aliphatic rings. The van der Waals surface area contributed by atoms with Gasteiger partial charge in [0.25, 0.3) is 5.89 Å². The van der Waals surface area contributed by atoms with Crippen molar-refractivity contribution in [2.75, 3.05) is 0 Å². The van der Waals surface area contributed by atoms with E-state index in [2.05, 4.69) is 15.1 Å². The third-order valence-electron chi connectivity index (χ3n) is 2.85. The minimum absolute atomic E-state index is 0.00549. The lowest BCUT2D eigenvalue weighted by molar-refractivity contribution is 0.419. The van der Waals surface area contributed by atoms with E-state index in [1.165, 1.54) is 0 Å². The van der Waals surface area contributed by atoms with Crippen LogP contribution in [-0.4, -0.2) is 21.2 Å². The van der Waals surface area contributed by atoms with Crippen molar-refractivity contribution < 1.29 is 4.52 Å². The summed E-state index contributed by atoms with van der Waals surface area (Å²) in [5.41, 5.74) is 6.44. The van der Waals surface area contributed by atoms with Crippen LogP contribution in [-0.2, 0) is 6.42 Å². The van der Waals surface area contributed by atoms with E-state index in [4.69, 9.17) is 10.3 Å². The summed E-state index contributed by atoms with van der Waals surface area (Å²) in [7, 11) is 0. The van der Waals surface area contributed by atoms with Gasteiger partial charge in [-0.25, -0.2) is 0 Å². The second-order valence-electron chi connectivity index (χ2n) is 4.58. The zero-order valence-electron chi connectivity index (χ0n) is 10.6. The Morgan fingerprint density at radius 3 is 2.95 bits per heavy atom. The topological polar surface area (TPSA) is 77.8 Å². The van der Waals surface area contributed by atoms with Crippen LogP contribution in [0.1, 0.15) is 12.7 Å². The molecule has 5 heteroatoms. The van der Waals surface area contributed by atoms with Gasteiger partial charge in [0.2, 0.25) is 0 Å². The van der Waals surface area contributed by atoms with Crippen LogP contribution in [0.5, 0.6) is 0 Å². The van der Waals surface area contributed by atoms with Gasteiger partial charge in [0.1, 0.15) is 5.69 Å². The third kappa shape index (κ3) is 2.32. The second kappa shape index (κ2) is 4.78. The Morgan fingerprint density at radius 2 is 2.11 bits per heavy atom. The first-order chi connectivity index (χ1) is 9.24. The lowest BCUT2D eigenvalue weighted by Gasteiger charge is -2.00. The van der Waals surface area contributed by atoms with Crippen LogP contribution in [0.25, 0.3) is 22.4 Å². The molecule has 0 bridgehead atoms. The van der Waals surface area contributed by atoms with Crippen LogP contribution >= 0.6 is 0 Å². The molecule has 3 rings (SSSR count). The molecule has 0 fully saturated rings. The zero-order chi connectivity index (χ0) is 13.2. The monoisotopic (exact) mass is 254 g/mol. The van der Waals surface area contributed by atoms with Gasteiger partial charge in [0, 0.05) is 24.0 Å². The molecule has 2 heterocycles. The molecule has 0 aliphatic heterocycles.